The zero-order valence-electron chi connectivity index (χ0n) is 21.3. The van der Waals surface area contributed by atoms with E-state index in [0.717, 1.165) is 35.7 Å². The number of pyridine rings is 1. The van der Waals surface area contributed by atoms with Gasteiger partial charge < -0.3 is 15.2 Å². The maximum Gasteiger partial charge on any atom is 0.332 e. The number of fused-ring (bicyclic) bond motifs is 2. The molecule has 0 aliphatic carbocycles. The van der Waals surface area contributed by atoms with E-state index in [0.29, 0.717) is 41.5 Å². The molecule has 1 aliphatic heterocycles. The van der Waals surface area contributed by atoms with Gasteiger partial charge >= 0.3 is 5.69 Å². The van der Waals surface area contributed by atoms with Gasteiger partial charge in [-0.3, -0.25) is 18.9 Å². The van der Waals surface area contributed by atoms with Crippen LogP contribution >= 0.6 is 0 Å². The first kappa shape index (κ1) is 24.5. The highest BCUT2D eigenvalue weighted by molar-refractivity contribution is 5.89. The number of nitrogens with two attached hydrogens (primary N) is 1. The molecule has 5 rings (SSSR count). The molecule has 4 heterocycles. The fourth-order valence-electron chi connectivity index (χ4n) is 5.02. The number of anilines is 1. The first-order chi connectivity index (χ1) is 17.8. The van der Waals surface area contributed by atoms with Gasteiger partial charge in [0.25, 0.3) is 5.56 Å². The molecule has 1 atom stereocenters. The number of benzene rings is 1. The summed E-state index contributed by atoms with van der Waals surface area (Å²) in [6.07, 6.45) is 5.53. The van der Waals surface area contributed by atoms with Crippen molar-refractivity contribution in [2.45, 2.75) is 45.8 Å². The third-order valence-corrected chi connectivity index (χ3v) is 6.95. The smallest absolute Gasteiger partial charge is 0.332 e. The number of nitriles is 1. The second kappa shape index (κ2) is 9.67. The summed E-state index contributed by atoms with van der Waals surface area (Å²) >= 11 is 0. The van der Waals surface area contributed by atoms with Crippen LogP contribution in [0, 0.1) is 11.3 Å². The van der Waals surface area contributed by atoms with Crippen LogP contribution in [0.3, 0.4) is 0 Å². The molecule has 1 unspecified atom stereocenters. The Bertz CT molecular complexity index is 1700. The third-order valence-electron chi connectivity index (χ3n) is 6.95. The molecule has 2 N–H and O–H groups in total. The fourth-order valence-corrected chi connectivity index (χ4v) is 5.02. The van der Waals surface area contributed by atoms with Gasteiger partial charge in [0.15, 0.2) is 11.2 Å². The Hall–Kier alpha value is -4.23. The molecule has 0 amide bonds. The second-order valence-electron chi connectivity index (χ2n) is 9.83. The molecule has 3 aromatic heterocycles. The Kier molecular flexibility index (Phi) is 6.39. The van der Waals surface area contributed by atoms with E-state index in [1.54, 1.807) is 31.4 Å². The highest BCUT2D eigenvalue weighted by Crippen LogP contribution is 2.24. The van der Waals surface area contributed by atoms with Crippen molar-refractivity contribution in [1.29, 1.82) is 5.26 Å². The van der Waals surface area contributed by atoms with Gasteiger partial charge in [-0.2, -0.15) is 10.2 Å². The molecule has 1 saturated heterocycles. The molecule has 0 saturated carbocycles. The molecular weight excluding hydrogens is 468 g/mol. The Balaban J connectivity index is 1.72. The van der Waals surface area contributed by atoms with E-state index < -0.39 is 11.2 Å². The highest BCUT2D eigenvalue weighted by atomic mass is 16.2. The van der Waals surface area contributed by atoms with Crippen molar-refractivity contribution in [2.24, 2.45) is 12.8 Å². The van der Waals surface area contributed by atoms with Crippen molar-refractivity contribution in [3.63, 3.8) is 0 Å². The predicted molar refractivity (Wildman–Crippen MR) is 144 cm³/mol. The van der Waals surface area contributed by atoms with Crippen molar-refractivity contribution >= 4 is 27.9 Å². The standard InChI is InChI=1S/C27H30N8O2/c1-17(2)10-13-34-23-24(31-26(34)33-12-5-7-19(29)15-33)32(3)27(37)35(25(23)36)16-22-21-8-4-6-18(14-28)20(21)9-11-30-22/h4,6,8-11,19H,5,7,12-13,15-16,29H2,1-3H3. The molecule has 0 spiro atoms. The molecule has 4 aromatic rings. The topological polar surface area (TPSA) is 128 Å². The number of piperidine rings is 1. The summed E-state index contributed by atoms with van der Waals surface area (Å²) < 4.78 is 4.52. The fraction of sp³-hybridized carbons (Fsp3) is 0.370. The minimum atomic E-state index is -0.471. The Labute approximate surface area is 213 Å². The zero-order chi connectivity index (χ0) is 26.3. The van der Waals surface area contributed by atoms with Crippen molar-refractivity contribution in [3.8, 4) is 6.07 Å². The molecule has 1 aliphatic rings. The van der Waals surface area contributed by atoms with E-state index in [-0.39, 0.29) is 12.6 Å². The van der Waals surface area contributed by atoms with Crippen LogP contribution in [0.15, 0.2) is 51.7 Å². The van der Waals surface area contributed by atoms with Gasteiger partial charge in [0.05, 0.1) is 23.9 Å². The molecule has 37 heavy (non-hydrogen) atoms. The molecule has 10 nitrogen and oxygen atoms in total. The minimum Gasteiger partial charge on any atom is -0.341 e. The monoisotopic (exact) mass is 498 g/mol. The van der Waals surface area contributed by atoms with Gasteiger partial charge in [0, 0.05) is 49.7 Å². The largest absolute Gasteiger partial charge is 0.341 e. The predicted octanol–water partition coefficient (Wildman–Crippen LogP) is 2.26. The zero-order valence-corrected chi connectivity index (χ0v) is 21.3. The molecule has 1 aromatic carbocycles. The van der Waals surface area contributed by atoms with Crippen LogP contribution in [0.1, 0.15) is 37.9 Å². The number of allylic oxidation sites excluding steroid dienone is 2. The quantitative estimate of drug-likeness (QED) is 0.418. The lowest BCUT2D eigenvalue weighted by Gasteiger charge is -2.31. The maximum absolute atomic E-state index is 13.9. The lowest BCUT2D eigenvalue weighted by atomic mass is 10.0. The molecule has 0 radical (unpaired) electrons. The first-order valence-corrected chi connectivity index (χ1v) is 12.4. The van der Waals surface area contributed by atoms with Gasteiger partial charge in [0.1, 0.15) is 0 Å². The number of aromatic nitrogens is 5. The average molecular weight is 499 g/mol. The lowest BCUT2D eigenvalue weighted by Crippen LogP contribution is -2.44. The molecule has 0 bridgehead atoms. The van der Waals surface area contributed by atoms with Crippen molar-refractivity contribution < 1.29 is 0 Å². The van der Waals surface area contributed by atoms with E-state index in [1.165, 1.54) is 9.13 Å². The Morgan fingerprint density at radius 1 is 1.22 bits per heavy atom. The van der Waals surface area contributed by atoms with E-state index >= 15 is 0 Å². The summed E-state index contributed by atoms with van der Waals surface area (Å²) in [6.45, 7) is 5.87. The lowest BCUT2D eigenvalue weighted by molar-refractivity contribution is 0.495. The maximum atomic E-state index is 13.9. The number of aryl methyl sites for hydroxylation is 1. The summed E-state index contributed by atoms with van der Waals surface area (Å²) in [5.74, 6) is 0.648. The van der Waals surface area contributed by atoms with E-state index in [4.69, 9.17) is 10.7 Å². The van der Waals surface area contributed by atoms with Gasteiger partial charge in [-0.15, -0.1) is 0 Å². The highest BCUT2D eigenvalue weighted by Gasteiger charge is 2.26. The van der Waals surface area contributed by atoms with E-state index in [2.05, 4.69) is 16.0 Å². The van der Waals surface area contributed by atoms with Gasteiger partial charge in [-0.1, -0.05) is 23.8 Å². The summed E-state index contributed by atoms with van der Waals surface area (Å²) in [5.41, 5.74) is 8.25. The van der Waals surface area contributed by atoms with Crippen molar-refractivity contribution in [3.05, 3.63) is 74.2 Å². The molecular formula is C27H30N8O2. The van der Waals surface area contributed by atoms with Gasteiger partial charge in [-0.05, 0) is 38.8 Å². The second-order valence-corrected chi connectivity index (χ2v) is 9.83. The number of hydrogen-bond donors (Lipinski definition) is 1. The van der Waals surface area contributed by atoms with Gasteiger partial charge in [0.2, 0.25) is 5.95 Å². The Morgan fingerprint density at radius 3 is 2.76 bits per heavy atom. The van der Waals surface area contributed by atoms with Crippen LogP contribution in [-0.4, -0.2) is 42.8 Å². The van der Waals surface area contributed by atoms with Crippen LogP contribution < -0.4 is 21.9 Å². The number of imidazole rings is 1. The van der Waals surface area contributed by atoms with E-state index in [9.17, 15) is 14.9 Å². The van der Waals surface area contributed by atoms with Crippen LogP contribution in [0.25, 0.3) is 21.9 Å². The first-order valence-electron chi connectivity index (χ1n) is 12.4. The van der Waals surface area contributed by atoms with Crippen molar-refractivity contribution in [2.75, 3.05) is 18.0 Å². The summed E-state index contributed by atoms with van der Waals surface area (Å²) in [7, 11) is 1.63. The number of hydrogen-bond acceptors (Lipinski definition) is 7. The molecule has 10 heteroatoms. The van der Waals surface area contributed by atoms with Crippen LogP contribution in [0.5, 0.6) is 0 Å². The number of rotatable bonds is 5. The summed E-state index contributed by atoms with van der Waals surface area (Å²) in [6, 6.07) is 9.35. The summed E-state index contributed by atoms with van der Waals surface area (Å²) in [4.78, 5) is 38.7. The van der Waals surface area contributed by atoms with Crippen LogP contribution in [0.2, 0.25) is 0 Å². The summed E-state index contributed by atoms with van der Waals surface area (Å²) in [5, 5.41) is 11.0. The third kappa shape index (κ3) is 4.32. The average Bonchev–Trinajstić information content (AvgIpc) is 3.28. The van der Waals surface area contributed by atoms with E-state index in [1.807, 2.05) is 30.6 Å². The molecule has 190 valence electrons. The van der Waals surface area contributed by atoms with Crippen LogP contribution in [0.4, 0.5) is 5.95 Å². The minimum absolute atomic E-state index is 0.0224. The van der Waals surface area contributed by atoms with Crippen LogP contribution in [-0.2, 0) is 20.1 Å². The van der Waals surface area contributed by atoms with Crippen molar-refractivity contribution in [1.82, 2.24) is 23.7 Å². The number of nitrogens with zero attached hydrogens (tertiary/aromatic N) is 7. The molecule has 1 fully saturated rings. The normalized spacial score (nSPS) is 15.8. The Morgan fingerprint density at radius 2 is 2.03 bits per heavy atom. The SMILES string of the molecule is CC(C)=CCn1c(N2CCCC(N)C2)nc2c1c(=O)n(Cc1nccc3c(C#N)cccc13)c(=O)n2C. The van der Waals surface area contributed by atoms with Gasteiger partial charge in [-0.25, -0.2) is 4.79 Å².